The topological polar surface area (TPSA) is 75.5 Å². The first-order valence-corrected chi connectivity index (χ1v) is 6.73. The first-order chi connectivity index (χ1) is 10.2. The van der Waals surface area contributed by atoms with Gasteiger partial charge in [0.2, 0.25) is 11.8 Å². The standard InChI is InChI=1S/C15H15N3O3/c1-2-21-13-5-6-16-15(17-13)18-8-11-4-3-10(14(19)20)7-12(11)9-18/h3-7H,2,8-9H2,1H3,(H,19,20). The number of nitrogens with zero attached hydrogens (tertiary/aromatic N) is 3. The van der Waals surface area contributed by atoms with E-state index in [1.165, 1.54) is 0 Å². The van der Waals surface area contributed by atoms with Crippen molar-refractivity contribution in [2.45, 2.75) is 20.0 Å². The molecule has 0 amide bonds. The molecule has 1 aliphatic rings. The Labute approximate surface area is 122 Å². The highest BCUT2D eigenvalue weighted by atomic mass is 16.5. The van der Waals surface area contributed by atoms with Crippen molar-refractivity contribution in [1.29, 1.82) is 0 Å². The van der Waals surface area contributed by atoms with Crippen molar-refractivity contribution in [2.24, 2.45) is 0 Å². The van der Waals surface area contributed by atoms with E-state index < -0.39 is 5.97 Å². The van der Waals surface area contributed by atoms with E-state index in [2.05, 4.69) is 9.97 Å². The van der Waals surface area contributed by atoms with Crippen LogP contribution in [0.1, 0.15) is 28.4 Å². The minimum Gasteiger partial charge on any atom is -0.478 e. The van der Waals surface area contributed by atoms with Gasteiger partial charge >= 0.3 is 5.97 Å². The Balaban J connectivity index is 1.84. The zero-order chi connectivity index (χ0) is 14.8. The highest BCUT2D eigenvalue weighted by Gasteiger charge is 2.22. The molecule has 21 heavy (non-hydrogen) atoms. The summed E-state index contributed by atoms with van der Waals surface area (Å²) in [6.45, 7) is 3.73. The minimum absolute atomic E-state index is 0.305. The first kappa shape index (κ1) is 13.4. The number of aromatic nitrogens is 2. The molecule has 0 saturated carbocycles. The lowest BCUT2D eigenvalue weighted by molar-refractivity contribution is 0.0697. The number of benzene rings is 1. The molecule has 1 N–H and O–H groups in total. The lowest BCUT2D eigenvalue weighted by Crippen LogP contribution is -2.17. The summed E-state index contributed by atoms with van der Waals surface area (Å²) in [6.07, 6.45) is 1.67. The van der Waals surface area contributed by atoms with E-state index in [4.69, 9.17) is 9.84 Å². The summed E-state index contributed by atoms with van der Waals surface area (Å²) in [5, 5.41) is 9.04. The van der Waals surface area contributed by atoms with Crippen molar-refractivity contribution < 1.29 is 14.6 Å². The molecule has 0 saturated heterocycles. The van der Waals surface area contributed by atoms with E-state index in [9.17, 15) is 4.79 Å². The van der Waals surface area contributed by atoms with Crippen LogP contribution in [0.5, 0.6) is 5.88 Å². The number of fused-ring (bicyclic) bond motifs is 1. The predicted octanol–water partition coefficient (Wildman–Crippen LogP) is 2.09. The maximum atomic E-state index is 11.0. The number of carbonyl (C=O) groups is 1. The van der Waals surface area contributed by atoms with Crippen molar-refractivity contribution >= 4 is 11.9 Å². The van der Waals surface area contributed by atoms with Crippen LogP contribution < -0.4 is 9.64 Å². The summed E-state index contributed by atoms with van der Waals surface area (Å²) >= 11 is 0. The second kappa shape index (κ2) is 5.40. The van der Waals surface area contributed by atoms with Crippen molar-refractivity contribution in [3.05, 3.63) is 47.2 Å². The lowest BCUT2D eigenvalue weighted by atomic mass is 10.1. The van der Waals surface area contributed by atoms with E-state index in [-0.39, 0.29) is 0 Å². The summed E-state index contributed by atoms with van der Waals surface area (Å²) in [4.78, 5) is 21.6. The van der Waals surface area contributed by atoms with Gasteiger partial charge in [0.15, 0.2) is 0 Å². The van der Waals surface area contributed by atoms with Crippen LogP contribution >= 0.6 is 0 Å². The van der Waals surface area contributed by atoms with Gasteiger partial charge in [-0.25, -0.2) is 9.78 Å². The SMILES string of the molecule is CCOc1ccnc(N2Cc3ccc(C(=O)O)cc3C2)n1. The molecule has 2 heterocycles. The third-order valence-corrected chi connectivity index (χ3v) is 3.37. The molecule has 0 unspecified atom stereocenters. The molecule has 3 rings (SSSR count). The normalized spacial score (nSPS) is 13.1. The largest absolute Gasteiger partial charge is 0.478 e. The molecule has 2 aromatic rings. The van der Waals surface area contributed by atoms with Gasteiger partial charge in [0, 0.05) is 25.4 Å². The Morgan fingerprint density at radius 3 is 2.90 bits per heavy atom. The molecular weight excluding hydrogens is 270 g/mol. The Hall–Kier alpha value is -2.63. The van der Waals surface area contributed by atoms with E-state index in [1.807, 2.05) is 17.9 Å². The number of hydrogen-bond acceptors (Lipinski definition) is 5. The molecule has 0 fully saturated rings. The molecule has 0 aliphatic carbocycles. The van der Waals surface area contributed by atoms with Crippen LogP contribution in [0.4, 0.5) is 5.95 Å². The maximum Gasteiger partial charge on any atom is 0.335 e. The Morgan fingerprint density at radius 1 is 1.33 bits per heavy atom. The van der Waals surface area contributed by atoms with E-state index in [0.29, 0.717) is 37.1 Å². The van der Waals surface area contributed by atoms with Crippen LogP contribution in [0, 0.1) is 0 Å². The first-order valence-electron chi connectivity index (χ1n) is 6.73. The Bertz CT molecular complexity index is 688. The smallest absolute Gasteiger partial charge is 0.335 e. The summed E-state index contributed by atoms with van der Waals surface area (Å²) in [6, 6.07) is 6.91. The van der Waals surface area contributed by atoms with Gasteiger partial charge in [-0.3, -0.25) is 0 Å². The van der Waals surface area contributed by atoms with Crippen LogP contribution in [0.15, 0.2) is 30.5 Å². The van der Waals surface area contributed by atoms with Crippen LogP contribution in [-0.2, 0) is 13.1 Å². The number of rotatable bonds is 4. The molecule has 1 aliphatic heterocycles. The number of carboxylic acid groups (broad SMARTS) is 1. The third kappa shape index (κ3) is 2.65. The van der Waals surface area contributed by atoms with Crippen LogP contribution in [0.2, 0.25) is 0 Å². The minimum atomic E-state index is -0.911. The Kier molecular flexibility index (Phi) is 3.43. The van der Waals surface area contributed by atoms with Crippen molar-refractivity contribution in [3.63, 3.8) is 0 Å². The summed E-state index contributed by atoms with van der Waals surface area (Å²) in [7, 11) is 0. The molecular formula is C15H15N3O3. The average Bonchev–Trinajstić information content (AvgIpc) is 2.91. The molecule has 6 nitrogen and oxygen atoms in total. The van der Waals surface area contributed by atoms with Gasteiger partial charge in [-0.1, -0.05) is 6.07 Å². The molecule has 6 heteroatoms. The predicted molar refractivity (Wildman–Crippen MR) is 76.5 cm³/mol. The van der Waals surface area contributed by atoms with Crippen LogP contribution in [0.3, 0.4) is 0 Å². The van der Waals surface area contributed by atoms with Gasteiger partial charge in [0.05, 0.1) is 12.2 Å². The van der Waals surface area contributed by atoms with Gasteiger partial charge in [-0.2, -0.15) is 4.98 Å². The molecule has 1 aromatic carbocycles. The fourth-order valence-electron chi connectivity index (χ4n) is 2.38. The zero-order valence-corrected chi connectivity index (χ0v) is 11.6. The number of anilines is 1. The number of carboxylic acids is 1. The maximum absolute atomic E-state index is 11.0. The second-order valence-corrected chi connectivity index (χ2v) is 4.77. The van der Waals surface area contributed by atoms with Gasteiger partial charge in [0.25, 0.3) is 0 Å². The Morgan fingerprint density at radius 2 is 2.14 bits per heavy atom. The quantitative estimate of drug-likeness (QED) is 0.927. The van der Waals surface area contributed by atoms with Gasteiger partial charge in [-0.15, -0.1) is 0 Å². The highest BCUT2D eigenvalue weighted by molar-refractivity contribution is 5.88. The van der Waals surface area contributed by atoms with E-state index in [1.54, 1.807) is 24.4 Å². The van der Waals surface area contributed by atoms with E-state index >= 15 is 0 Å². The third-order valence-electron chi connectivity index (χ3n) is 3.37. The molecule has 108 valence electrons. The molecule has 1 aromatic heterocycles. The molecule has 0 spiro atoms. The fourth-order valence-corrected chi connectivity index (χ4v) is 2.38. The summed E-state index contributed by atoms with van der Waals surface area (Å²) in [5.41, 5.74) is 2.41. The zero-order valence-electron chi connectivity index (χ0n) is 11.6. The summed E-state index contributed by atoms with van der Waals surface area (Å²) < 4.78 is 5.38. The van der Waals surface area contributed by atoms with Crippen molar-refractivity contribution in [3.8, 4) is 5.88 Å². The average molecular weight is 285 g/mol. The molecule has 0 bridgehead atoms. The van der Waals surface area contributed by atoms with Crippen LogP contribution in [-0.4, -0.2) is 27.7 Å². The number of hydrogen-bond donors (Lipinski definition) is 1. The van der Waals surface area contributed by atoms with Gasteiger partial charge in [0.1, 0.15) is 0 Å². The van der Waals surface area contributed by atoms with Gasteiger partial charge < -0.3 is 14.7 Å². The lowest BCUT2D eigenvalue weighted by Gasteiger charge is -2.15. The summed E-state index contributed by atoms with van der Waals surface area (Å²) in [5.74, 6) is 0.226. The fraction of sp³-hybridized carbons (Fsp3) is 0.267. The number of ether oxygens (including phenoxy) is 1. The monoisotopic (exact) mass is 285 g/mol. The van der Waals surface area contributed by atoms with Crippen LogP contribution in [0.25, 0.3) is 0 Å². The van der Waals surface area contributed by atoms with Crippen molar-refractivity contribution in [2.75, 3.05) is 11.5 Å². The van der Waals surface area contributed by atoms with Crippen molar-refractivity contribution in [1.82, 2.24) is 9.97 Å². The van der Waals surface area contributed by atoms with E-state index in [0.717, 1.165) is 11.1 Å². The molecule has 0 radical (unpaired) electrons. The molecule has 0 atom stereocenters. The highest BCUT2D eigenvalue weighted by Crippen LogP contribution is 2.27. The van der Waals surface area contributed by atoms with Gasteiger partial charge in [-0.05, 0) is 30.2 Å². The second-order valence-electron chi connectivity index (χ2n) is 4.77. The number of aromatic carboxylic acids is 1.